The van der Waals surface area contributed by atoms with Gasteiger partial charge in [-0.15, -0.1) is 6.58 Å². The lowest BCUT2D eigenvalue weighted by Crippen LogP contribution is -2.31. The first-order valence-electron chi connectivity index (χ1n) is 13.1. The average Bonchev–Trinajstić information content (AvgIpc) is 2.81. The number of carbonyl (C=O) groups excluding carboxylic acids is 2. The smallest absolute Gasteiger partial charge is 0.154 e. The molecule has 2 atom stereocenters. The quantitative estimate of drug-likeness (QED) is 0.313. The van der Waals surface area contributed by atoms with E-state index in [1.807, 2.05) is 6.92 Å². The zero-order chi connectivity index (χ0) is 25.3. The monoisotopic (exact) mass is 466 g/mol. The van der Waals surface area contributed by atoms with Crippen LogP contribution in [0.4, 0.5) is 5.69 Å². The molecule has 188 valence electrons. The van der Waals surface area contributed by atoms with Gasteiger partial charge in [-0.1, -0.05) is 26.0 Å². The highest BCUT2D eigenvalue weighted by Crippen LogP contribution is 2.30. The number of allylic oxidation sites excluding steroid dienone is 3. The lowest BCUT2D eigenvalue weighted by Gasteiger charge is -2.28. The molecule has 1 aliphatic carbocycles. The fraction of sp³-hybridized carbons (Fsp3) is 0.600. The molecule has 0 spiro atoms. The molecule has 0 saturated heterocycles. The van der Waals surface area contributed by atoms with Crippen molar-refractivity contribution >= 4 is 17.3 Å². The molecule has 0 aromatic heterocycles. The first-order valence-corrected chi connectivity index (χ1v) is 13.1. The van der Waals surface area contributed by atoms with Crippen LogP contribution in [0.2, 0.25) is 0 Å². The van der Waals surface area contributed by atoms with Crippen molar-refractivity contribution in [1.82, 2.24) is 5.32 Å². The van der Waals surface area contributed by atoms with Gasteiger partial charge in [0.15, 0.2) is 5.78 Å². The number of hydrogen-bond donors (Lipinski definition) is 1. The Morgan fingerprint density at radius 3 is 2.47 bits per heavy atom. The number of carbonyl (C=O) groups is 2. The highest BCUT2D eigenvalue weighted by atomic mass is 16.1. The Morgan fingerprint density at radius 1 is 1.12 bits per heavy atom. The van der Waals surface area contributed by atoms with Crippen molar-refractivity contribution in [2.45, 2.75) is 86.5 Å². The summed E-state index contributed by atoms with van der Waals surface area (Å²) in [5, 5.41) is 3.41. The van der Waals surface area contributed by atoms with Gasteiger partial charge in [0.25, 0.3) is 0 Å². The molecular formula is C30H46N2O2. The number of ketones is 2. The third kappa shape index (κ3) is 7.32. The summed E-state index contributed by atoms with van der Waals surface area (Å²) in [6.07, 6.45) is 8.75. The van der Waals surface area contributed by atoms with Crippen molar-refractivity contribution in [1.29, 1.82) is 0 Å². The predicted molar refractivity (Wildman–Crippen MR) is 144 cm³/mol. The third-order valence-corrected chi connectivity index (χ3v) is 7.51. The van der Waals surface area contributed by atoms with Crippen molar-refractivity contribution < 1.29 is 9.59 Å². The van der Waals surface area contributed by atoms with Crippen molar-refractivity contribution in [2.24, 2.45) is 11.8 Å². The maximum Gasteiger partial charge on any atom is 0.154 e. The molecule has 1 N–H and O–H groups in total. The van der Waals surface area contributed by atoms with Crippen molar-refractivity contribution in [3.8, 4) is 0 Å². The number of nitrogens with one attached hydrogen (secondary N) is 1. The zero-order valence-corrected chi connectivity index (χ0v) is 22.4. The van der Waals surface area contributed by atoms with Crippen molar-refractivity contribution in [3.05, 3.63) is 52.7 Å². The molecule has 0 aliphatic heterocycles. The van der Waals surface area contributed by atoms with E-state index in [9.17, 15) is 9.59 Å². The van der Waals surface area contributed by atoms with Crippen molar-refractivity contribution in [2.75, 3.05) is 24.5 Å². The minimum atomic E-state index is -0.228. The van der Waals surface area contributed by atoms with Crippen LogP contribution in [0.5, 0.6) is 0 Å². The van der Waals surface area contributed by atoms with E-state index in [0.717, 1.165) is 69.3 Å². The zero-order valence-electron chi connectivity index (χ0n) is 22.4. The van der Waals surface area contributed by atoms with Gasteiger partial charge >= 0.3 is 0 Å². The second kappa shape index (κ2) is 13.5. The van der Waals surface area contributed by atoms with E-state index in [4.69, 9.17) is 0 Å². The number of aryl methyl sites for hydroxylation is 1. The average molecular weight is 467 g/mol. The van der Waals surface area contributed by atoms with Crippen LogP contribution < -0.4 is 10.2 Å². The Balaban J connectivity index is 1.94. The third-order valence-electron chi connectivity index (χ3n) is 7.51. The summed E-state index contributed by atoms with van der Waals surface area (Å²) in [5.41, 5.74) is 7.61. The molecule has 0 fully saturated rings. The van der Waals surface area contributed by atoms with Crippen LogP contribution >= 0.6 is 0 Å². The molecule has 0 saturated carbocycles. The summed E-state index contributed by atoms with van der Waals surface area (Å²) < 4.78 is 0. The van der Waals surface area contributed by atoms with E-state index < -0.39 is 0 Å². The Bertz CT molecular complexity index is 899. The summed E-state index contributed by atoms with van der Waals surface area (Å²) >= 11 is 0. The first-order chi connectivity index (χ1) is 16.2. The lowest BCUT2D eigenvalue weighted by molar-refractivity contribution is -0.121. The lowest BCUT2D eigenvalue weighted by atomic mass is 9.85. The van der Waals surface area contributed by atoms with E-state index in [1.165, 1.54) is 22.4 Å². The Labute approximate surface area is 207 Å². The maximum absolute atomic E-state index is 12.9. The van der Waals surface area contributed by atoms with E-state index in [2.05, 4.69) is 56.6 Å². The van der Waals surface area contributed by atoms with Gasteiger partial charge in [0.1, 0.15) is 5.78 Å². The molecule has 1 aromatic rings. The maximum atomic E-state index is 12.9. The minimum Gasteiger partial charge on any atom is -0.381 e. The van der Waals surface area contributed by atoms with Crippen LogP contribution in [0.15, 0.2) is 36.1 Å². The highest BCUT2D eigenvalue weighted by Gasteiger charge is 2.23. The van der Waals surface area contributed by atoms with Gasteiger partial charge in [-0.25, -0.2) is 0 Å². The SMILES string of the molecule is C=CC(C(C)=O)C1=C(NCC(=O)C(C)CCCN(CCC)c2ccc(C)c(C)c2C)CCCC1. The Morgan fingerprint density at radius 2 is 1.82 bits per heavy atom. The van der Waals surface area contributed by atoms with E-state index in [-0.39, 0.29) is 23.4 Å². The molecule has 4 nitrogen and oxygen atoms in total. The van der Waals surface area contributed by atoms with Gasteiger partial charge in [0.2, 0.25) is 0 Å². The molecule has 0 bridgehead atoms. The molecule has 2 unspecified atom stereocenters. The minimum absolute atomic E-state index is 0.0208. The summed E-state index contributed by atoms with van der Waals surface area (Å²) in [7, 11) is 0. The van der Waals surface area contributed by atoms with E-state index in [0.29, 0.717) is 6.54 Å². The van der Waals surface area contributed by atoms with E-state index >= 15 is 0 Å². The van der Waals surface area contributed by atoms with Crippen LogP contribution in [0.25, 0.3) is 0 Å². The van der Waals surface area contributed by atoms with E-state index in [1.54, 1.807) is 13.0 Å². The van der Waals surface area contributed by atoms with Crippen LogP contribution in [-0.4, -0.2) is 31.2 Å². The fourth-order valence-corrected chi connectivity index (χ4v) is 5.05. The summed E-state index contributed by atoms with van der Waals surface area (Å²) in [6, 6.07) is 4.47. The van der Waals surface area contributed by atoms with Crippen LogP contribution in [0.1, 0.15) is 82.4 Å². The first kappa shape index (κ1) is 27.9. The van der Waals surface area contributed by atoms with Crippen LogP contribution in [0, 0.1) is 32.6 Å². The topological polar surface area (TPSA) is 49.4 Å². The van der Waals surface area contributed by atoms with Crippen LogP contribution in [-0.2, 0) is 9.59 Å². The summed E-state index contributed by atoms with van der Waals surface area (Å²) in [4.78, 5) is 27.4. The molecule has 2 rings (SSSR count). The van der Waals surface area contributed by atoms with Gasteiger partial charge in [-0.2, -0.15) is 0 Å². The number of anilines is 1. The second-order valence-electron chi connectivity index (χ2n) is 10.0. The molecule has 4 heteroatoms. The normalized spacial score (nSPS) is 15.6. The van der Waals surface area contributed by atoms with Crippen molar-refractivity contribution in [3.63, 3.8) is 0 Å². The molecule has 1 aliphatic rings. The molecule has 1 aromatic carbocycles. The standard InChI is InChI=1S/C30H46N2O2/c1-8-18-32(29-17-16-21(3)23(5)24(29)6)19-12-13-22(4)30(34)20-31-28-15-11-10-14-27(28)26(9-2)25(7)33/h9,16-17,22,26,31H,2,8,10-15,18-20H2,1,3-7H3. The van der Waals surface area contributed by atoms with Gasteiger partial charge in [-0.05, 0) is 101 Å². The molecular weight excluding hydrogens is 420 g/mol. The number of Topliss-reactive ketones (excluding diaryl/α,β-unsaturated/α-hetero) is 2. The largest absolute Gasteiger partial charge is 0.381 e. The highest BCUT2D eigenvalue weighted by molar-refractivity contribution is 5.84. The van der Waals surface area contributed by atoms with Crippen LogP contribution in [0.3, 0.4) is 0 Å². The molecule has 34 heavy (non-hydrogen) atoms. The second-order valence-corrected chi connectivity index (χ2v) is 10.0. The number of hydrogen-bond acceptors (Lipinski definition) is 4. The Kier molecular flexibility index (Phi) is 11.1. The molecule has 0 amide bonds. The van der Waals surface area contributed by atoms with Gasteiger partial charge in [0, 0.05) is 30.4 Å². The summed E-state index contributed by atoms with van der Waals surface area (Å²) in [5.74, 6) is 0.169. The summed E-state index contributed by atoms with van der Waals surface area (Å²) in [6.45, 7) is 18.7. The molecule has 0 heterocycles. The molecule has 0 radical (unpaired) electrons. The predicted octanol–water partition coefficient (Wildman–Crippen LogP) is 6.62. The number of rotatable bonds is 14. The fourth-order valence-electron chi connectivity index (χ4n) is 5.05. The number of benzene rings is 1. The number of nitrogens with zero attached hydrogens (tertiary/aromatic N) is 1. The Hall–Kier alpha value is -2.36. The van der Waals surface area contributed by atoms with Gasteiger partial charge in [0.05, 0.1) is 12.5 Å². The van der Waals surface area contributed by atoms with Gasteiger partial charge in [-0.3, -0.25) is 9.59 Å². The van der Waals surface area contributed by atoms with Gasteiger partial charge < -0.3 is 10.2 Å².